The number of hydrogen-bond acceptors (Lipinski definition) is 9. The van der Waals surface area contributed by atoms with Crippen LogP contribution in [0.1, 0.15) is 23.2 Å². The molecule has 0 bridgehead atoms. The predicted octanol–water partition coefficient (Wildman–Crippen LogP) is 3.89. The first-order chi connectivity index (χ1) is 15.9. The van der Waals surface area contributed by atoms with Crippen LogP contribution in [0.15, 0.2) is 54.7 Å². The Hall–Kier alpha value is -4.61. The van der Waals surface area contributed by atoms with Crippen molar-refractivity contribution in [3.8, 4) is 0 Å². The summed E-state index contributed by atoms with van der Waals surface area (Å²) in [4.78, 5) is 35.2. The molecular formula is C21H19N7O5. The van der Waals surface area contributed by atoms with Gasteiger partial charge in [-0.3, -0.25) is 25.0 Å². The van der Waals surface area contributed by atoms with E-state index in [1.165, 1.54) is 0 Å². The molecule has 0 aliphatic carbocycles. The number of amides is 1. The molecule has 12 heteroatoms. The number of carbonyl (C=O) groups is 1. The van der Waals surface area contributed by atoms with Gasteiger partial charge in [-0.1, -0.05) is 0 Å². The Morgan fingerprint density at radius 2 is 1.52 bits per heavy atom. The molecule has 1 saturated heterocycles. The number of nitro benzene ring substituents is 2. The Morgan fingerprint density at radius 3 is 2.12 bits per heavy atom. The number of nitrogens with one attached hydrogen (secondary N) is 2. The van der Waals surface area contributed by atoms with Crippen molar-refractivity contribution in [2.75, 3.05) is 28.6 Å². The van der Waals surface area contributed by atoms with E-state index in [1.54, 1.807) is 30.5 Å². The number of hydrogen-bond donors (Lipinski definition) is 2. The van der Waals surface area contributed by atoms with Crippen LogP contribution >= 0.6 is 0 Å². The first-order valence-electron chi connectivity index (χ1n) is 10.1. The number of non-ortho nitro benzene ring substituents is 2. The molecule has 33 heavy (non-hydrogen) atoms. The summed E-state index contributed by atoms with van der Waals surface area (Å²) in [5.41, 5.74) is 0.868. The van der Waals surface area contributed by atoms with Crippen molar-refractivity contribution in [1.29, 1.82) is 0 Å². The fourth-order valence-corrected chi connectivity index (χ4v) is 3.49. The molecule has 1 aromatic heterocycles. The Labute approximate surface area is 187 Å². The van der Waals surface area contributed by atoms with Crippen molar-refractivity contribution in [1.82, 2.24) is 10.2 Å². The van der Waals surface area contributed by atoms with E-state index in [-0.39, 0.29) is 5.56 Å². The highest BCUT2D eigenvalue weighted by atomic mass is 16.6. The van der Waals surface area contributed by atoms with Gasteiger partial charge >= 0.3 is 0 Å². The highest BCUT2D eigenvalue weighted by Gasteiger charge is 2.20. The molecule has 4 rings (SSSR count). The number of anilines is 4. The molecular weight excluding hydrogens is 430 g/mol. The molecule has 168 valence electrons. The molecule has 1 aliphatic rings. The third-order valence-corrected chi connectivity index (χ3v) is 5.11. The zero-order chi connectivity index (χ0) is 23.4. The van der Waals surface area contributed by atoms with Crippen molar-refractivity contribution < 1.29 is 14.6 Å². The van der Waals surface area contributed by atoms with Crippen LogP contribution in [0.25, 0.3) is 0 Å². The molecule has 0 atom stereocenters. The summed E-state index contributed by atoms with van der Waals surface area (Å²) in [6.45, 7) is 1.99. The fraction of sp³-hybridized carbons (Fsp3) is 0.190. The number of aromatic nitrogens is 2. The predicted molar refractivity (Wildman–Crippen MR) is 121 cm³/mol. The Kier molecular flexibility index (Phi) is 6.06. The van der Waals surface area contributed by atoms with Gasteiger partial charge in [0.05, 0.1) is 33.4 Å². The molecule has 0 saturated carbocycles. The van der Waals surface area contributed by atoms with Crippen molar-refractivity contribution in [2.24, 2.45) is 0 Å². The van der Waals surface area contributed by atoms with Gasteiger partial charge in [-0.2, -0.15) is 5.10 Å². The summed E-state index contributed by atoms with van der Waals surface area (Å²) < 4.78 is 0. The first kappa shape index (κ1) is 21.6. The van der Waals surface area contributed by atoms with Gasteiger partial charge in [0.2, 0.25) is 0 Å². The molecule has 0 radical (unpaired) electrons. The number of benzene rings is 2. The van der Waals surface area contributed by atoms with E-state index >= 15 is 0 Å². The minimum atomic E-state index is -0.786. The summed E-state index contributed by atoms with van der Waals surface area (Å²) in [6.07, 6.45) is 4.04. The standard InChI is InChI=1S/C21H19N7O5/c29-21(14-9-17(27(30)31)11-18(10-14)28(32)33)24-16-5-3-15(4-6-16)23-20-12-19(13-22-25-20)26-7-1-2-8-26/h3-6,9-13H,1-2,7-8H2,(H,23,25)(H,24,29). The van der Waals surface area contributed by atoms with E-state index in [1.807, 2.05) is 6.07 Å². The molecule has 1 aliphatic heterocycles. The highest BCUT2D eigenvalue weighted by molar-refractivity contribution is 6.05. The third kappa shape index (κ3) is 5.18. The Bertz CT molecular complexity index is 1180. The van der Waals surface area contributed by atoms with Gasteiger partial charge in [0.15, 0.2) is 5.82 Å². The lowest BCUT2D eigenvalue weighted by Crippen LogP contribution is -2.18. The van der Waals surface area contributed by atoms with Crippen molar-refractivity contribution >= 4 is 40.2 Å². The van der Waals surface area contributed by atoms with Crippen LogP contribution in [0.2, 0.25) is 0 Å². The van der Waals surface area contributed by atoms with Crippen molar-refractivity contribution in [3.05, 3.63) is 80.5 Å². The lowest BCUT2D eigenvalue weighted by molar-refractivity contribution is -0.394. The monoisotopic (exact) mass is 449 g/mol. The van der Waals surface area contributed by atoms with E-state index in [9.17, 15) is 25.0 Å². The molecule has 1 fully saturated rings. The van der Waals surface area contributed by atoms with Crippen LogP contribution in [0.3, 0.4) is 0 Å². The molecule has 2 N–H and O–H groups in total. The number of carbonyl (C=O) groups excluding carboxylic acids is 1. The van der Waals surface area contributed by atoms with Crippen molar-refractivity contribution in [2.45, 2.75) is 12.8 Å². The molecule has 2 heterocycles. The summed E-state index contributed by atoms with van der Waals surface area (Å²) in [5.74, 6) is -0.119. The largest absolute Gasteiger partial charge is 0.370 e. The third-order valence-electron chi connectivity index (χ3n) is 5.11. The van der Waals surface area contributed by atoms with Gasteiger partial charge in [-0.05, 0) is 37.1 Å². The Balaban J connectivity index is 1.45. The Morgan fingerprint density at radius 1 is 0.909 bits per heavy atom. The number of nitro groups is 2. The summed E-state index contributed by atoms with van der Waals surface area (Å²) in [5, 5.41) is 35.9. The van der Waals surface area contributed by atoms with Crippen LogP contribution in [-0.2, 0) is 0 Å². The summed E-state index contributed by atoms with van der Waals surface area (Å²) in [6, 6.07) is 11.4. The van der Waals surface area contributed by atoms with Gasteiger partial charge in [-0.15, -0.1) is 5.10 Å². The van der Waals surface area contributed by atoms with Crippen molar-refractivity contribution in [3.63, 3.8) is 0 Å². The number of nitrogens with zero attached hydrogens (tertiary/aromatic N) is 5. The van der Waals surface area contributed by atoms with Gasteiger partial charge in [0, 0.05) is 42.7 Å². The molecule has 2 aromatic carbocycles. The maximum absolute atomic E-state index is 12.5. The van der Waals surface area contributed by atoms with Crippen LogP contribution in [0, 0.1) is 20.2 Å². The second-order valence-corrected chi connectivity index (χ2v) is 7.40. The normalized spacial score (nSPS) is 12.9. The van der Waals surface area contributed by atoms with Crippen LogP contribution in [0.4, 0.5) is 34.3 Å². The molecule has 12 nitrogen and oxygen atoms in total. The van der Waals surface area contributed by atoms with E-state index in [0.29, 0.717) is 17.2 Å². The highest BCUT2D eigenvalue weighted by Crippen LogP contribution is 2.25. The molecule has 1 amide bonds. The zero-order valence-electron chi connectivity index (χ0n) is 17.3. The summed E-state index contributed by atoms with van der Waals surface area (Å²) >= 11 is 0. The van der Waals surface area contributed by atoms with Gasteiger partial charge in [0.25, 0.3) is 17.3 Å². The maximum Gasteiger partial charge on any atom is 0.277 e. The van der Waals surface area contributed by atoms with E-state index in [4.69, 9.17) is 0 Å². The molecule has 0 unspecified atom stereocenters. The smallest absolute Gasteiger partial charge is 0.277 e. The summed E-state index contributed by atoms with van der Waals surface area (Å²) in [7, 11) is 0. The van der Waals surface area contributed by atoms with E-state index in [0.717, 1.165) is 49.8 Å². The lowest BCUT2D eigenvalue weighted by atomic mass is 10.1. The minimum Gasteiger partial charge on any atom is -0.370 e. The fourth-order valence-electron chi connectivity index (χ4n) is 3.49. The number of rotatable bonds is 7. The average Bonchev–Trinajstić information content (AvgIpc) is 3.35. The zero-order valence-corrected chi connectivity index (χ0v) is 17.3. The van der Waals surface area contributed by atoms with Gasteiger partial charge in [0.1, 0.15) is 0 Å². The average molecular weight is 449 g/mol. The lowest BCUT2D eigenvalue weighted by Gasteiger charge is -2.17. The molecule has 0 spiro atoms. The topological polar surface area (TPSA) is 156 Å². The van der Waals surface area contributed by atoms with E-state index in [2.05, 4.69) is 25.7 Å². The maximum atomic E-state index is 12.5. The second kappa shape index (κ2) is 9.26. The van der Waals surface area contributed by atoms with Gasteiger partial charge < -0.3 is 15.5 Å². The second-order valence-electron chi connectivity index (χ2n) is 7.40. The van der Waals surface area contributed by atoms with Crippen LogP contribution in [-0.4, -0.2) is 39.0 Å². The first-order valence-corrected chi connectivity index (χ1v) is 10.1. The van der Waals surface area contributed by atoms with Crippen LogP contribution < -0.4 is 15.5 Å². The minimum absolute atomic E-state index is 0.188. The molecule has 3 aromatic rings. The van der Waals surface area contributed by atoms with Crippen LogP contribution in [0.5, 0.6) is 0 Å². The van der Waals surface area contributed by atoms with E-state index < -0.39 is 27.1 Å². The SMILES string of the molecule is O=C(Nc1ccc(Nc2cc(N3CCCC3)cnn2)cc1)c1cc([N+](=O)[O-])cc([N+](=O)[O-])c1. The quantitative estimate of drug-likeness (QED) is 0.403. The van der Waals surface area contributed by atoms with Gasteiger partial charge in [-0.25, -0.2) is 0 Å².